The lowest BCUT2D eigenvalue weighted by atomic mass is 10.0. The van der Waals surface area contributed by atoms with Crippen molar-refractivity contribution in [1.82, 2.24) is 14.5 Å². The Labute approximate surface area is 163 Å². The van der Waals surface area contributed by atoms with Gasteiger partial charge in [0.2, 0.25) is 0 Å². The van der Waals surface area contributed by atoms with E-state index in [1.807, 2.05) is 38.5 Å². The zero-order chi connectivity index (χ0) is 19.1. The molecule has 4 nitrogen and oxygen atoms in total. The average molecular weight is 367 g/mol. The molecule has 5 rings (SSSR count). The zero-order valence-corrected chi connectivity index (χ0v) is 15.9. The molecule has 0 fully saturated rings. The van der Waals surface area contributed by atoms with Crippen LogP contribution in [0, 0.1) is 0 Å². The van der Waals surface area contributed by atoms with Crippen LogP contribution in [-0.4, -0.2) is 20.6 Å². The van der Waals surface area contributed by atoms with E-state index in [1.54, 1.807) is 0 Å². The van der Waals surface area contributed by atoms with E-state index in [0.717, 1.165) is 28.0 Å². The molecule has 0 aliphatic rings. The summed E-state index contributed by atoms with van der Waals surface area (Å²) in [6, 6.07) is 23.2. The van der Waals surface area contributed by atoms with Crippen molar-refractivity contribution in [1.29, 1.82) is 0 Å². The van der Waals surface area contributed by atoms with E-state index >= 15 is 0 Å². The molecule has 0 saturated carbocycles. The van der Waals surface area contributed by atoms with E-state index in [0.29, 0.717) is 0 Å². The van der Waals surface area contributed by atoms with Crippen molar-refractivity contribution in [3.05, 3.63) is 79.3 Å². The van der Waals surface area contributed by atoms with Gasteiger partial charge in [-0.25, -0.2) is 4.98 Å². The molecular formula is C24H21N3O. The molecule has 0 aliphatic carbocycles. The first-order valence-corrected chi connectivity index (χ1v) is 9.49. The fraction of sp³-hybridized carbons (Fsp3) is 0.125. The van der Waals surface area contributed by atoms with Crippen molar-refractivity contribution in [3.63, 3.8) is 0 Å². The molecule has 0 bridgehead atoms. The molecule has 4 heteroatoms. The number of benzene rings is 3. The average Bonchev–Trinajstić information content (AvgIpc) is 3.34. The number of imidazole rings is 1. The summed E-state index contributed by atoms with van der Waals surface area (Å²) in [4.78, 5) is 7.82. The Bertz CT molecular complexity index is 1260. The summed E-state index contributed by atoms with van der Waals surface area (Å²) in [6.45, 7) is 4.06. The Morgan fingerprint density at radius 2 is 1.68 bits per heavy atom. The molecule has 28 heavy (non-hydrogen) atoms. The quantitative estimate of drug-likeness (QED) is 0.426. The van der Waals surface area contributed by atoms with Gasteiger partial charge in [0.15, 0.2) is 0 Å². The van der Waals surface area contributed by atoms with Gasteiger partial charge >= 0.3 is 0 Å². The van der Waals surface area contributed by atoms with Gasteiger partial charge in [-0.05, 0) is 85.0 Å². The number of nitrogens with zero attached hydrogens (tertiary/aromatic N) is 2. The minimum atomic E-state index is 0.167. The fourth-order valence-corrected chi connectivity index (χ4v) is 3.58. The number of rotatable bonds is 4. The second kappa shape index (κ2) is 6.57. The van der Waals surface area contributed by atoms with Crippen molar-refractivity contribution in [3.8, 4) is 22.6 Å². The number of aromatic amines is 1. The van der Waals surface area contributed by atoms with Gasteiger partial charge in [0.1, 0.15) is 12.1 Å². The van der Waals surface area contributed by atoms with E-state index in [2.05, 4.69) is 69.1 Å². The largest absolute Gasteiger partial charge is 0.491 e. The third-order valence-electron chi connectivity index (χ3n) is 4.92. The molecule has 1 N–H and O–H groups in total. The standard InChI is InChI=1S/C24H21N3O/c1-16(2)28-21-7-5-20(6-8-21)27-15-26-23-10-4-18(14-24(23)27)17-3-9-22-19(13-17)11-12-25-22/h3-16,25H,1-2H3. The first-order chi connectivity index (χ1) is 13.7. The Balaban J connectivity index is 1.56. The van der Waals surface area contributed by atoms with Gasteiger partial charge in [0, 0.05) is 17.4 Å². The summed E-state index contributed by atoms with van der Waals surface area (Å²) in [7, 11) is 0. The van der Waals surface area contributed by atoms with Gasteiger partial charge in [-0.2, -0.15) is 0 Å². The predicted octanol–water partition coefficient (Wildman–Crippen LogP) is 5.96. The molecule has 0 atom stereocenters. The van der Waals surface area contributed by atoms with E-state index < -0.39 is 0 Å². The van der Waals surface area contributed by atoms with Crippen LogP contribution in [0.2, 0.25) is 0 Å². The molecule has 138 valence electrons. The smallest absolute Gasteiger partial charge is 0.119 e. The lowest BCUT2D eigenvalue weighted by molar-refractivity contribution is 0.242. The van der Waals surface area contributed by atoms with Gasteiger partial charge in [-0.1, -0.05) is 12.1 Å². The first-order valence-electron chi connectivity index (χ1n) is 9.49. The highest BCUT2D eigenvalue weighted by Gasteiger charge is 2.08. The van der Waals surface area contributed by atoms with Gasteiger partial charge in [0.05, 0.1) is 17.1 Å². The highest BCUT2D eigenvalue weighted by atomic mass is 16.5. The topological polar surface area (TPSA) is 42.8 Å². The minimum Gasteiger partial charge on any atom is -0.491 e. The van der Waals surface area contributed by atoms with Crippen molar-refractivity contribution in [2.45, 2.75) is 20.0 Å². The van der Waals surface area contributed by atoms with Gasteiger partial charge < -0.3 is 9.72 Å². The third-order valence-corrected chi connectivity index (χ3v) is 4.92. The van der Waals surface area contributed by atoms with Crippen molar-refractivity contribution < 1.29 is 4.74 Å². The summed E-state index contributed by atoms with van der Waals surface area (Å²) in [5.74, 6) is 0.878. The van der Waals surface area contributed by atoms with Crippen LogP contribution in [0.3, 0.4) is 0 Å². The third kappa shape index (κ3) is 2.93. The molecule has 2 aromatic heterocycles. The highest BCUT2D eigenvalue weighted by molar-refractivity contribution is 5.88. The van der Waals surface area contributed by atoms with E-state index in [-0.39, 0.29) is 6.10 Å². The maximum Gasteiger partial charge on any atom is 0.119 e. The SMILES string of the molecule is CC(C)Oc1ccc(-n2cnc3ccc(-c4ccc5[nH]ccc5c4)cc32)cc1. The molecule has 2 heterocycles. The lowest BCUT2D eigenvalue weighted by Crippen LogP contribution is -2.05. The number of ether oxygens (including phenoxy) is 1. The Kier molecular flexibility index (Phi) is 3.90. The van der Waals surface area contributed by atoms with Gasteiger partial charge in [0.25, 0.3) is 0 Å². The van der Waals surface area contributed by atoms with Crippen LogP contribution in [0.1, 0.15) is 13.8 Å². The van der Waals surface area contributed by atoms with Gasteiger partial charge in [-0.15, -0.1) is 0 Å². The van der Waals surface area contributed by atoms with Gasteiger partial charge in [-0.3, -0.25) is 4.57 Å². The number of fused-ring (bicyclic) bond motifs is 2. The maximum absolute atomic E-state index is 5.75. The second-order valence-electron chi connectivity index (χ2n) is 7.26. The zero-order valence-electron chi connectivity index (χ0n) is 15.9. The van der Waals surface area contributed by atoms with E-state index in [9.17, 15) is 0 Å². The van der Waals surface area contributed by atoms with Crippen LogP contribution < -0.4 is 4.74 Å². The number of nitrogens with one attached hydrogen (secondary N) is 1. The Morgan fingerprint density at radius 3 is 2.50 bits per heavy atom. The van der Waals surface area contributed by atoms with Crippen molar-refractivity contribution in [2.24, 2.45) is 0 Å². The van der Waals surface area contributed by atoms with E-state index in [1.165, 1.54) is 16.5 Å². The molecule has 0 amide bonds. The number of aromatic nitrogens is 3. The predicted molar refractivity (Wildman–Crippen MR) is 114 cm³/mol. The van der Waals surface area contributed by atoms with E-state index in [4.69, 9.17) is 4.74 Å². The van der Waals surface area contributed by atoms with Crippen LogP contribution in [0.4, 0.5) is 0 Å². The number of H-pyrrole nitrogens is 1. The van der Waals surface area contributed by atoms with Crippen LogP contribution in [-0.2, 0) is 0 Å². The summed E-state index contributed by atoms with van der Waals surface area (Å²) >= 11 is 0. The van der Waals surface area contributed by atoms with Crippen LogP contribution in [0.15, 0.2) is 79.3 Å². The maximum atomic E-state index is 5.75. The Morgan fingerprint density at radius 1 is 0.893 bits per heavy atom. The molecular weight excluding hydrogens is 346 g/mol. The fourth-order valence-electron chi connectivity index (χ4n) is 3.58. The molecule has 0 spiro atoms. The second-order valence-corrected chi connectivity index (χ2v) is 7.26. The number of hydrogen-bond acceptors (Lipinski definition) is 2. The lowest BCUT2D eigenvalue weighted by Gasteiger charge is -2.11. The monoisotopic (exact) mass is 367 g/mol. The first kappa shape index (κ1) is 16.6. The number of hydrogen-bond donors (Lipinski definition) is 1. The minimum absolute atomic E-state index is 0.167. The molecule has 0 saturated heterocycles. The Hall–Kier alpha value is -3.53. The summed E-state index contributed by atoms with van der Waals surface area (Å²) in [5, 5.41) is 1.21. The highest BCUT2D eigenvalue weighted by Crippen LogP contribution is 2.28. The summed E-state index contributed by atoms with van der Waals surface area (Å²) in [5.41, 5.74) is 6.66. The molecule has 3 aromatic carbocycles. The van der Waals surface area contributed by atoms with Crippen LogP contribution in [0.5, 0.6) is 5.75 Å². The molecule has 0 unspecified atom stereocenters. The molecule has 0 aliphatic heterocycles. The summed E-state index contributed by atoms with van der Waals surface area (Å²) in [6.07, 6.45) is 4.02. The van der Waals surface area contributed by atoms with Crippen LogP contribution >= 0.6 is 0 Å². The molecule has 0 radical (unpaired) electrons. The normalized spacial score (nSPS) is 11.5. The van der Waals surface area contributed by atoms with Crippen molar-refractivity contribution >= 4 is 21.9 Å². The van der Waals surface area contributed by atoms with Crippen molar-refractivity contribution in [2.75, 3.05) is 0 Å². The molecule has 5 aromatic rings. The van der Waals surface area contributed by atoms with Crippen LogP contribution in [0.25, 0.3) is 38.8 Å². The summed E-state index contributed by atoms with van der Waals surface area (Å²) < 4.78 is 7.87.